The van der Waals surface area contributed by atoms with Gasteiger partial charge in [0.2, 0.25) is 5.91 Å². The summed E-state index contributed by atoms with van der Waals surface area (Å²) >= 11 is 0. The highest BCUT2D eigenvalue weighted by Gasteiger charge is 2.22. The van der Waals surface area contributed by atoms with Crippen molar-refractivity contribution in [3.8, 4) is 11.1 Å². The smallest absolute Gasteiger partial charge is 0.241 e. The van der Waals surface area contributed by atoms with Crippen molar-refractivity contribution in [2.45, 2.75) is 38.1 Å². The van der Waals surface area contributed by atoms with Crippen LogP contribution in [0.15, 0.2) is 48.8 Å². The first-order valence-corrected chi connectivity index (χ1v) is 9.29. The van der Waals surface area contributed by atoms with Gasteiger partial charge in [0.25, 0.3) is 0 Å². The van der Waals surface area contributed by atoms with Gasteiger partial charge in [0, 0.05) is 23.5 Å². The highest BCUT2D eigenvalue weighted by molar-refractivity contribution is 5.96. The van der Waals surface area contributed by atoms with Gasteiger partial charge < -0.3 is 16.0 Å². The van der Waals surface area contributed by atoms with Crippen LogP contribution in [0.2, 0.25) is 0 Å². The maximum Gasteiger partial charge on any atom is 0.241 e. The van der Waals surface area contributed by atoms with Gasteiger partial charge in [-0.2, -0.15) is 0 Å². The lowest BCUT2D eigenvalue weighted by atomic mass is 9.98. The van der Waals surface area contributed by atoms with Crippen LogP contribution in [0.4, 0.5) is 5.69 Å². The number of carbonyl (C=O) groups excluding carboxylic acids is 1. The average Bonchev–Trinajstić information content (AvgIpc) is 3.33. The van der Waals surface area contributed by atoms with E-state index in [9.17, 15) is 4.79 Å². The van der Waals surface area contributed by atoms with Crippen LogP contribution in [0.1, 0.15) is 32.1 Å². The zero-order valence-corrected chi connectivity index (χ0v) is 14.7. The van der Waals surface area contributed by atoms with E-state index in [1.54, 1.807) is 6.20 Å². The Morgan fingerprint density at radius 1 is 1.19 bits per heavy atom. The van der Waals surface area contributed by atoms with Gasteiger partial charge in [0.05, 0.1) is 6.04 Å². The molecule has 1 amide bonds. The van der Waals surface area contributed by atoms with E-state index in [2.05, 4.69) is 15.3 Å². The molecule has 1 aliphatic rings. The largest absolute Gasteiger partial charge is 0.346 e. The number of H-pyrrole nitrogens is 1. The van der Waals surface area contributed by atoms with Gasteiger partial charge in [-0.15, -0.1) is 0 Å². The second-order valence-corrected chi connectivity index (χ2v) is 7.16. The van der Waals surface area contributed by atoms with Crippen LogP contribution in [-0.4, -0.2) is 21.9 Å². The first-order valence-electron chi connectivity index (χ1n) is 9.29. The molecule has 0 unspecified atom stereocenters. The van der Waals surface area contributed by atoms with Crippen LogP contribution in [0.3, 0.4) is 0 Å². The molecule has 1 atom stereocenters. The van der Waals surface area contributed by atoms with Gasteiger partial charge in [-0.3, -0.25) is 4.79 Å². The molecule has 1 saturated carbocycles. The van der Waals surface area contributed by atoms with Gasteiger partial charge in [-0.25, -0.2) is 4.98 Å². The summed E-state index contributed by atoms with van der Waals surface area (Å²) in [7, 11) is 0. The predicted molar refractivity (Wildman–Crippen MR) is 105 cm³/mol. The van der Waals surface area contributed by atoms with E-state index in [1.807, 2.05) is 42.6 Å². The Balaban J connectivity index is 1.44. The number of amides is 1. The average molecular weight is 348 g/mol. The fourth-order valence-corrected chi connectivity index (χ4v) is 3.89. The zero-order chi connectivity index (χ0) is 17.9. The number of nitrogens with zero attached hydrogens (tertiary/aromatic N) is 1. The summed E-state index contributed by atoms with van der Waals surface area (Å²) in [4.78, 5) is 19.8. The Labute approximate surface area is 153 Å². The standard InChI is InChI=1S/C21H24N4O/c22-19(13-14-3-1-2-4-14)21(26)25-16-7-5-15(6-8-16)17-9-11-23-20-18(17)10-12-24-20/h5-12,14,19H,1-4,13,22H2,(H,23,24)(H,25,26)/t19-/m1/s1. The van der Waals surface area contributed by atoms with Gasteiger partial charge in [0.15, 0.2) is 0 Å². The number of benzene rings is 1. The lowest BCUT2D eigenvalue weighted by Crippen LogP contribution is -2.37. The van der Waals surface area contributed by atoms with Crippen LogP contribution in [-0.2, 0) is 4.79 Å². The van der Waals surface area contributed by atoms with Crippen LogP contribution >= 0.6 is 0 Å². The maximum atomic E-state index is 12.3. The Kier molecular flexibility index (Phi) is 4.71. The topological polar surface area (TPSA) is 83.8 Å². The molecule has 1 aromatic carbocycles. The summed E-state index contributed by atoms with van der Waals surface area (Å²) in [5, 5.41) is 4.03. The summed E-state index contributed by atoms with van der Waals surface area (Å²) in [5.74, 6) is 0.509. The number of fused-ring (bicyclic) bond motifs is 1. The number of aromatic nitrogens is 2. The molecule has 0 saturated heterocycles. The van der Waals surface area contributed by atoms with Crippen molar-refractivity contribution in [3.63, 3.8) is 0 Å². The van der Waals surface area contributed by atoms with Crippen LogP contribution in [0, 0.1) is 5.92 Å². The molecule has 0 aliphatic heterocycles. The quantitative estimate of drug-likeness (QED) is 0.650. The molecule has 4 N–H and O–H groups in total. The summed E-state index contributed by atoms with van der Waals surface area (Å²) in [6.45, 7) is 0. The fraction of sp³-hybridized carbons (Fsp3) is 0.333. The number of aromatic amines is 1. The van der Waals surface area contributed by atoms with E-state index < -0.39 is 6.04 Å². The van der Waals surface area contributed by atoms with E-state index in [0.717, 1.165) is 34.3 Å². The number of hydrogen-bond acceptors (Lipinski definition) is 3. The lowest BCUT2D eigenvalue weighted by Gasteiger charge is -2.16. The maximum absolute atomic E-state index is 12.3. The molecule has 26 heavy (non-hydrogen) atoms. The summed E-state index contributed by atoms with van der Waals surface area (Å²) in [6, 6.07) is 11.5. The molecule has 1 aliphatic carbocycles. The predicted octanol–water partition coefficient (Wildman–Crippen LogP) is 4.08. The van der Waals surface area contributed by atoms with E-state index in [1.165, 1.54) is 25.7 Å². The zero-order valence-electron chi connectivity index (χ0n) is 14.7. The molecule has 2 aromatic heterocycles. The second-order valence-electron chi connectivity index (χ2n) is 7.16. The molecule has 2 heterocycles. The molecular formula is C21H24N4O. The highest BCUT2D eigenvalue weighted by atomic mass is 16.2. The lowest BCUT2D eigenvalue weighted by molar-refractivity contribution is -0.117. The van der Waals surface area contributed by atoms with Crippen molar-refractivity contribution in [2.75, 3.05) is 5.32 Å². The van der Waals surface area contributed by atoms with E-state index in [-0.39, 0.29) is 5.91 Å². The molecular weight excluding hydrogens is 324 g/mol. The first-order chi connectivity index (χ1) is 12.7. The molecule has 4 rings (SSSR count). The molecule has 5 heteroatoms. The fourth-order valence-electron chi connectivity index (χ4n) is 3.89. The number of rotatable bonds is 5. The van der Waals surface area contributed by atoms with Gasteiger partial charge in [0.1, 0.15) is 5.65 Å². The summed E-state index contributed by atoms with van der Waals surface area (Å²) in [5.41, 5.74) is 9.95. The summed E-state index contributed by atoms with van der Waals surface area (Å²) < 4.78 is 0. The molecule has 5 nitrogen and oxygen atoms in total. The third kappa shape index (κ3) is 3.48. The molecule has 0 bridgehead atoms. The monoisotopic (exact) mass is 348 g/mol. The van der Waals surface area contributed by atoms with Crippen molar-refractivity contribution in [3.05, 3.63) is 48.8 Å². The SMILES string of the molecule is N[C@H](CC1CCCC1)C(=O)Nc1ccc(-c2ccnc3[nH]ccc23)cc1. The minimum atomic E-state index is -0.433. The van der Waals surface area contributed by atoms with Crippen molar-refractivity contribution in [1.82, 2.24) is 9.97 Å². The Morgan fingerprint density at radius 3 is 2.73 bits per heavy atom. The van der Waals surface area contributed by atoms with Gasteiger partial charge in [-0.1, -0.05) is 37.8 Å². The minimum absolute atomic E-state index is 0.0958. The number of nitrogens with one attached hydrogen (secondary N) is 2. The molecule has 134 valence electrons. The Morgan fingerprint density at radius 2 is 1.96 bits per heavy atom. The normalized spacial score (nSPS) is 16.0. The summed E-state index contributed by atoms with van der Waals surface area (Å²) in [6.07, 6.45) is 9.41. The van der Waals surface area contributed by atoms with Crippen molar-refractivity contribution < 1.29 is 4.79 Å². The Hall–Kier alpha value is -2.66. The van der Waals surface area contributed by atoms with Crippen molar-refractivity contribution in [1.29, 1.82) is 0 Å². The van der Waals surface area contributed by atoms with E-state index in [0.29, 0.717) is 5.92 Å². The highest BCUT2D eigenvalue weighted by Crippen LogP contribution is 2.29. The number of hydrogen-bond donors (Lipinski definition) is 3. The second kappa shape index (κ2) is 7.30. The number of nitrogens with two attached hydrogens (primary N) is 1. The van der Waals surface area contributed by atoms with E-state index >= 15 is 0 Å². The number of carbonyl (C=O) groups is 1. The molecule has 0 spiro atoms. The number of anilines is 1. The molecule has 0 radical (unpaired) electrons. The van der Waals surface area contributed by atoms with Crippen molar-refractivity contribution >= 4 is 22.6 Å². The van der Waals surface area contributed by atoms with Crippen LogP contribution in [0.25, 0.3) is 22.2 Å². The van der Waals surface area contributed by atoms with Gasteiger partial charge in [-0.05, 0) is 47.7 Å². The van der Waals surface area contributed by atoms with Crippen LogP contribution < -0.4 is 11.1 Å². The van der Waals surface area contributed by atoms with Gasteiger partial charge >= 0.3 is 0 Å². The van der Waals surface area contributed by atoms with Crippen LogP contribution in [0.5, 0.6) is 0 Å². The van der Waals surface area contributed by atoms with Crippen molar-refractivity contribution in [2.24, 2.45) is 11.7 Å². The number of pyridine rings is 1. The van der Waals surface area contributed by atoms with E-state index in [4.69, 9.17) is 5.73 Å². The molecule has 1 fully saturated rings. The third-order valence-electron chi connectivity index (χ3n) is 5.32. The first kappa shape index (κ1) is 16.8. The Bertz CT molecular complexity index is 894. The minimum Gasteiger partial charge on any atom is -0.346 e. The molecule has 3 aromatic rings. The third-order valence-corrected chi connectivity index (χ3v) is 5.32.